The van der Waals surface area contributed by atoms with Gasteiger partial charge in [-0.3, -0.25) is 4.79 Å². The van der Waals surface area contributed by atoms with Gasteiger partial charge in [-0.05, 0) is 18.6 Å². The fraction of sp³-hybridized carbons (Fsp3) is 0.333. The van der Waals surface area contributed by atoms with Crippen LogP contribution in [0.15, 0.2) is 24.3 Å². The summed E-state index contributed by atoms with van der Waals surface area (Å²) in [6, 6.07) is 6.62. The number of halogens is 2. The molecule has 94 valence electrons. The average molecular weight is 251 g/mol. The monoisotopic (exact) mass is 251 g/mol. The van der Waals surface area contributed by atoms with Crippen LogP contribution in [0.1, 0.15) is 6.42 Å². The van der Waals surface area contributed by atoms with Gasteiger partial charge < -0.3 is 5.32 Å². The molecule has 2 atom stereocenters. The number of anilines is 1. The minimum absolute atomic E-state index is 0.0633. The Labute approximate surface area is 103 Å². The Kier molecular flexibility index (Phi) is 3.53. The summed E-state index contributed by atoms with van der Waals surface area (Å²) in [4.78, 5) is 11.8. The summed E-state index contributed by atoms with van der Waals surface area (Å²) < 4.78 is 26.5. The van der Waals surface area contributed by atoms with Crippen LogP contribution >= 0.6 is 0 Å². The summed E-state index contributed by atoms with van der Waals surface area (Å²) >= 11 is 0. The van der Waals surface area contributed by atoms with Crippen LogP contribution in [0.4, 0.5) is 14.6 Å². The van der Waals surface area contributed by atoms with Gasteiger partial charge in [-0.2, -0.15) is 5.26 Å². The maximum absolute atomic E-state index is 13.3. The highest BCUT2D eigenvalue weighted by molar-refractivity contribution is 5.93. The Balaban J connectivity index is 2.02. The molecule has 0 aromatic heterocycles. The molecule has 0 bridgehead atoms. The molecule has 1 aliphatic heterocycles. The molecule has 0 spiro atoms. The van der Waals surface area contributed by atoms with Crippen LogP contribution in [0.2, 0.25) is 0 Å². The minimum atomic E-state index is -0.902. The molecule has 0 radical (unpaired) electrons. The van der Waals surface area contributed by atoms with Gasteiger partial charge in [-0.1, -0.05) is 12.1 Å². The van der Waals surface area contributed by atoms with E-state index in [-0.39, 0.29) is 18.7 Å². The summed E-state index contributed by atoms with van der Waals surface area (Å²) in [5, 5.41) is 11.4. The van der Waals surface area contributed by atoms with Crippen LogP contribution in [-0.4, -0.2) is 23.6 Å². The summed E-state index contributed by atoms with van der Waals surface area (Å²) in [6.07, 6.45) is 0.118. The smallest absolute Gasteiger partial charge is 0.229 e. The van der Waals surface area contributed by atoms with Gasteiger partial charge in [0.25, 0.3) is 0 Å². The average Bonchev–Trinajstić information content (AvgIpc) is 2.73. The van der Waals surface area contributed by atoms with Crippen LogP contribution in [0, 0.1) is 23.1 Å². The molecule has 2 unspecified atom stereocenters. The second-order valence-corrected chi connectivity index (χ2v) is 4.13. The maximum Gasteiger partial charge on any atom is 0.229 e. The number of nitrogens with zero attached hydrogens (tertiary/aromatic N) is 2. The number of benzene rings is 1. The van der Waals surface area contributed by atoms with Crippen molar-refractivity contribution in [2.45, 2.75) is 12.5 Å². The van der Waals surface area contributed by atoms with E-state index in [0.717, 1.165) is 0 Å². The van der Waals surface area contributed by atoms with Crippen LogP contribution in [0.5, 0.6) is 0 Å². The van der Waals surface area contributed by atoms with Gasteiger partial charge in [0.15, 0.2) is 0 Å². The zero-order valence-corrected chi connectivity index (χ0v) is 9.44. The predicted molar refractivity (Wildman–Crippen MR) is 60.4 cm³/mol. The van der Waals surface area contributed by atoms with Gasteiger partial charge in [0.1, 0.15) is 11.9 Å². The van der Waals surface area contributed by atoms with Gasteiger partial charge in [0, 0.05) is 6.54 Å². The number of hydrogen-bond donors (Lipinski definition) is 1. The lowest BCUT2D eigenvalue weighted by atomic mass is 10.1. The third-order valence-corrected chi connectivity index (χ3v) is 2.89. The number of nitrogens with one attached hydrogen (secondary N) is 1. The molecule has 18 heavy (non-hydrogen) atoms. The first kappa shape index (κ1) is 12.5. The van der Waals surface area contributed by atoms with Crippen molar-refractivity contribution in [1.29, 1.82) is 5.26 Å². The van der Waals surface area contributed by atoms with E-state index >= 15 is 0 Å². The Bertz CT molecular complexity index is 500. The van der Waals surface area contributed by atoms with Crippen molar-refractivity contribution in [3.8, 4) is 6.07 Å². The lowest BCUT2D eigenvalue weighted by Crippen LogP contribution is -2.25. The number of nitriles is 1. The summed E-state index contributed by atoms with van der Waals surface area (Å²) in [5.41, 5.74) is 0.0633. The standard InChI is InChI=1S/C12H11F2N3O/c13-10-3-1-2-4-11(10)16-12(18)8-5-9(6-15)17(14)7-8/h1-4,8-9H,5,7H2,(H,16,18). The van der Waals surface area contributed by atoms with Gasteiger partial charge in [-0.25, -0.2) is 4.39 Å². The molecule has 2 rings (SSSR count). The largest absolute Gasteiger partial charge is 0.323 e. The third-order valence-electron chi connectivity index (χ3n) is 2.89. The molecule has 1 heterocycles. The van der Waals surface area contributed by atoms with E-state index < -0.39 is 23.7 Å². The number of amides is 1. The number of carbonyl (C=O) groups excluding carboxylic acids is 1. The quantitative estimate of drug-likeness (QED) is 0.816. The Morgan fingerprint density at radius 3 is 2.83 bits per heavy atom. The molecular weight excluding hydrogens is 240 g/mol. The van der Waals surface area contributed by atoms with E-state index in [4.69, 9.17) is 5.26 Å². The first-order valence-corrected chi connectivity index (χ1v) is 5.49. The van der Waals surface area contributed by atoms with Crippen molar-refractivity contribution in [3.05, 3.63) is 30.1 Å². The molecule has 6 heteroatoms. The Hall–Kier alpha value is -2.00. The summed E-state index contributed by atoms with van der Waals surface area (Å²) in [6.45, 7) is -0.140. The van der Waals surface area contributed by atoms with Crippen molar-refractivity contribution < 1.29 is 13.7 Å². The van der Waals surface area contributed by atoms with Crippen molar-refractivity contribution in [2.24, 2.45) is 5.92 Å². The van der Waals surface area contributed by atoms with Crippen molar-refractivity contribution in [3.63, 3.8) is 0 Å². The molecule has 0 saturated carbocycles. The normalized spacial score (nSPS) is 23.6. The first-order valence-electron chi connectivity index (χ1n) is 5.49. The fourth-order valence-electron chi connectivity index (χ4n) is 1.90. The zero-order chi connectivity index (χ0) is 13.1. The van der Waals surface area contributed by atoms with Gasteiger partial charge in [0.05, 0.1) is 17.7 Å². The highest BCUT2D eigenvalue weighted by Crippen LogP contribution is 2.24. The van der Waals surface area contributed by atoms with Crippen molar-refractivity contribution in [1.82, 2.24) is 5.12 Å². The van der Waals surface area contributed by atoms with Crippen molar-refractivity contribution >= 4 is 11.6 Å². The number of para-hydroxylation sites is 1. The van der Waals surface area contributed by atoms with E-state index in [9.17, 15) is 13.7 Å². The molecule has 1 aromatic rings. The molecular formula is C12H11F2N3O. The van der Waals surface area contributed by atoms with E-state index in [1.165, 1.54) is 18.2 Å². The fourth-order valence-corrected chi connectivity index (χ4v) is 1.90. The predicted octanol–water partition coefficient (Wildman–Crippen LogP) is 1.86. The van der Waals surface area contributed by atoms with Crippen LogP contribution in [0.25, 0.3) is 0 Å². The third kappa shape index (κ3) is 2.46. The molecule has 4 nitrogen and oxygen atoms in total. The second kappa shape index (κ2) is 5.10. The number of hydrogen-bond acceptors (Lipinski definition) is 3. The van der Waals surface area contributed by atoms with Crippen LogP contribution in [-0.2, 0) is 4.79 Å². The molecule has 1 saturated heterocycles. The number of carbonyl (C=O) groups is 1. The summed E-state index contributed by atoms with van der Waals surface area (Å²) in [7, 11) is 0. The first-order chi connectivity index (χ1) is 8.61. The van der Waals surface area contributed by atoms with Crippen LogP contribution in [0.3, 0.4) is 0 Å². The van der Waals surface area contributed by atoms with Crippen molar-refractivity contribution in [2.75, 3.05) is 11.9 Å². The highest BCUT2D eigenvalue weighted by Gasteiger charge is 2.36. The van der Waals surface area contributed by atoms with E-state index in [0.29, 0.717) is 5.12 Å². The second-order valence-electron chi connectivity index (χ2n) is 4.13. The Morgan fingerprint density at radius 2 is 2.22 bits per heavy atom. The lowest BCUT2D eigenvalue weighted by Gasteiger charge is -2.10. The lowest BCUT2D eigenvalue weighted by molar-refractivity contribution is -0.120. The molecule has 0 aliphatic carbocycles. The minimum Gasteiger partial charge on any atom is -0.323 e. The zero-order valence-electron chi connectivity index (χ0n) is 9.44. The maximum atomic E-state index is 13.3. The molecule has 1 aromatic carbocycles. The molecule has 1 N–H and O–H groups in total. The van der Waals surface area contributed by atoms with Crippen LogP contribution < -0.4 is 5.32 Å². The molecule has 1 fully saturated rings. The van der Waals surface area contributed by atoms with E-state index in [2.05, 4.69) is 5.32 Å². The summed E-state index contributed by atoms with van der Waals surface area (Å²) in [5.74, 6) is -1.66. The SMILES string of the molecule is N#CC1CC(C(=O)Nc2ccccc2F)CN1F. The topological polar surface area (TPSA) is 56.1 Å². The van der Waals surface area contributed by atoms with E-state index in [1.807, 2.05) is 0 Å². The molecule has 1 amide bonds. The Morgan fingerprint density at radius 1 is 1.50 bits per heavy atom. The van der Waals surface area contributed by atoms with Gasteiger partial charge in [-0.15, -0.1) is 9.60 Å². The molecule has 1 aliphatic rings. The number of rotatable bonds is 2. The van der Waals surface area contributed by atoms with E-state index in [1.54, 1.807) is 12.1 Å². The van der Waals surface area contributed by atoms with Gasteiger partial charge in [0.2, 0.25) is 5.91 Å². The highest BCUT2D eigenvalue weighted by atomic mass is 19.2. The van der Waals surface area contributed by atoms with Gasteiger partial charge >= 0.3 is 0 Å².